The number of rotatable bonds is 3. The van der Waals surface area contributed by atoms with Crippen LogP contribution < -0.4 is 5.32 Å². The predicted octanol–water partition coefficient (Wildman–Crippen LogP) is -0.0190. The average Bonchev–Trinajstić information content (AvgIpc) is 2.77. The summed E-state index contributed by atoms with van der Waals surface area (Å²) in [5, 5.41) is 6.67. The Morgan fingerprint density at radius 3 is 3.00 bits per heavy atom. The van der Waals surface area contributed by atoms with Crippen molar-refractivity contribution in [3.63, 3.8) is 0 Å². The molecule has 2 heterocycles. The number of aryl methyl sites for hydroxylation is 1. The smallest absolute Gasteiger partial charge is 0.245 e. The lowest BCUT2D eigenvalue weighted by molar-refractivity contribution is -0.131. The molecule has 1 fully saturated rings. The van der Waals surface area contributed by atoms with Crippen LogP contribution in [-0.4, -0.2) is 39.6 Å². The average molecular weight is 222 g/mol. The van der Waals surface area contributed by atoms with E-state index in [1.165, 1.54) is 0 Å². The van der Waals surface area contributed by atoms with Gasteiger partial charge >= 0.3 is 0 Å². The molecule has 0 radical (unpaired) electrons. The SMILES string of the molecule is Cn1ccc(NC(=O)CN2CCCC2=O)n1. The first kappa shape index (κ1) is 10.7. The van der Waals surface area contributed by atoms with Crippen molar-refractivity contribution in [3.05, 3.63) is 12.3 Å². The second kappa shape index (κ2) is 4.34. The van der Waals surface area contributed by atoms with Crippen molar-refractivity contribution in [1.82, 2.24) is 14.7 Å². The van der Waals surface area contributed by atoms with Gasteiger partial charge in [-0.25, -0.2) is 0 Å². The number of nitrogens with one attached hydrogen (secondary N) is 1. The van der Waals surface area contributed by atoms with E-state index in [0.717, 1.165) is 6.42 Å². The highest BCUT2D eigenvalue weighted by Gasteiger charge is 2.22. The van der Waals surface area contributed by atoms with E-state index in [9.17, 15) is 9.59 Å². The number of likely N-dealkylation sites (tertiary alicyclic amines) is 1. The number of carbonyl (C=O) groups excluding carboxylic acids is 2. The Morgan fingerprint density at radius 1 is 1.62 bits per heavy atom. The first-order valence-corrected chi connectivity index (χ1v) is 5.22. The Kier molecular flexibility index (Phi) is 2.89. The Bertz CT molecular complexity index is 413. The van der Waals surface area contributed by atoms with Crippen molar-refractivity contribution < 1.29 is 9.59 Å². The third-order valence-electron chi connectivity index (χ3n) is 2.49. The first-order chi connectivity index (χ1) is 7.65. The van der Waals surface area contributed by atoms with Gasteiger partial charge in [0.1, 0.15) is 0 Å². The second-order valence-corrected chi connectivity index (χ2v) is 3.84. The van der Waals surface area contributed by atoms with Gasteiger partial charge in [-0.05, 0) is 6.42 Å². The molecule has 1 aliphatic heterocycles. The van der Waals surface area contributed by atoms with Crippen LogP contribution in [0.15, 0.2) is 12.3 Å². The molecule has 1 aliphatic rings. The van der Waals surface area contributed by atoms with Crippen LogP contribution in [0, 0.1) is 0 Å². The molecule has 1 N–H and O–H groups in total. The lowest BCUT2D eigenvalue weighted by Gasteiger charge is -2.13. The first-order valence-electron chi connectivity index (χ1n) is 5.22. The number of carbonyl (C=O) groups is 2. The standard InChI is InChI=1S/C10H14N4O2/c1-13-6-4-8(12-13)11-9(15)7-14-5-2-3-10(14)16/h4,6H,2-3,5,7H2,1H3,(H,11,12,15). The lowest BCUT2D eigenvalue weighted by atomic mass is 10.4. The molecule has 1 aromatic heterocycles. The van der Waals surface area contributed by atoms with Gasteiger partial charge in [0.2, 0.25) is 11.8 Å². The van der Waals surface area contributed by atoms with Gasteiger partial charge in [-0.3, -0.25) is 14.3 Å². The summed E-state index contributed by atoms with van der Waals surface area (Å²) in [6.07, 6.45) is 3.14. The van der Waals surface area contributed by atoms with Crippen LogP contribution in [0.4, 0.5) is 5.82 Å². The highest BCUT2D eigenvalue weighted by Crippen LogP contribution is 2.09. The minimum Gasteiger partial charge on any atom is -0.333 e. The van der Waals surface area contributed by atoms with Crippen LogP contribution in [0.2, 0.25) is 0 Å². The van der Waals surface area contributed by atoms with E-state index in [2.05, 4.69) is 10.4 Å². The number of hydrogen-bond donors (Lipinski definition) is 1. The Hall–Kier alpha value is -1.85. The van der Waals surface area contributed by atoms with Gasteiger partial charge in [0, 0.05) is 32.3 Å². The van der Waals surface area contributed by atoms with E-state index >= 15 is 0 Å². The van der Waals surface area contributed by atoms with Gasteiger partial charge in [-0.15, -0.1) is 0 Å². The molecule has 6 nitrogen and oxygen atoms in total. The number of nitrogens with zero attached hydrogens (tertiary/aromatic N) is 3. The maximum Gasteiger partial charge on any atom is 0.245 e. The minimum atomic E-state index is -0.200. The van der Waals surface area contributed by atoms with Gasteiger partial charge in [-0.1, -0.05) is 0 Å². The zero-order chi connectivity index (χ0) is 11.5. The minimum absolute atomic E-state index is 0.0520. The number of amides is 2. The van der Waals surface area contributed by atoms with Crippen molar-refractivity contribution in [2.75, 3.05) is 18.4 Å². The molecule has 2 rings (SSSR count). The lowest BCUT2D eigenvalue weighted by Crippen LogP contribution is -2.34. The normalized spacial score (nSPS) is 15.6. The van der Waals surface area contributed by atoms with E-state index in [0.29, 0.717) is 18.8 Å². The quantitative estimate of drug-likeness (QED) is 0.781. The highest BCUT2D eigenvalue weighted by molar-refractivity contribution is 5.94. The van der Waals surface area contributed by atoms with Crippen LogP contribution in [0.3, 0.4) is 0 Å². The van der Waals surface area contributed by atoms with Gasteiger partial charge in [0.25, 0.3) is 0 Å². The van der Waals surface area contributed by atoms with Crippen molar-refractivity contribution in [1.29, 1.82) is 0 Å². The van der Waals surface area contributed by atoms with Crippen LogP contribution in [0.25, 0.3) is 0 Å². The molecule has 1 saturated heterocycles. The topological polar surface area (TPSA) is 67.2 Å². The summed E-state index contributed by atoms with van der Waals surface area (Å²) in [6, 6.07) is 1.71. The highest BCUT2D eigenvalue weighted by atomic mass is 16.2. The van der Waals surface area contributed by atoms with E-state index in [1.807, 2.05) is 0 Å². The Balaban J connectivity index is 1.86. The van der Waals surface area contributed by atoms with Crippen LogP contribution >= 0.6 is 0 Å². The molecule has 0 atom stereocenters. The largest absolute Gasteiger partial charge is 0.333 e. The van der Waals surface area contributed by atoms with Gasteiger partial charge in [-0.2, -0.15) is 5.10 Å². The summed E-state index contributed by atoms with van der Waals surface area (Å²) < 4.78 is 1.61. The molecule has 0 unspecified atom stereocenters. The van der Waals surface area contributed by atoms with E-state index in [-0.39, 0.29) is 18.4 Å². The molecule has 2 amide bonds. The number of aromatic nitrogens is 2. The number of anilines is 1. The molecule has 0 aromatic carbocycles. The van der Waals surface area contributed by atoms with Crippen LogP contribution in [-0.2, 0) is 16.6 Å². The molecule has 86 valence electrons. The summed E-state index contributed by atoms with van der Waals surface area (Å²) in [6.45, 7) is 0.796. The summed E-state index contributed by atoms with van der Waals surface area (Å²) in [5.74, 6) is 0.365. The molecule has 0 bridgehead atoms. The monoisotopic (exact) mass is 222 g/mol. The van der Waals surface area contributed by atoms with Crippen LogP contribution in [0.1, 0.15) is 12.8 Å². The summed E-state index contributed by atoms with van der Waals surface area (Å²) >= 11 is 0. The predicted molar refractivity (Wildman–Crippen MR) is 57.7 cm³/mol. The fraction of sp³-hybridized carbons (Fsp3) is 0.500. The van der Waals surface area contributed by atoms with Crippen molar-refractivity contribution in [2.24, 2.45) is 7.05 Å². The Morgan fingerprint density at radius 2 is 2.44 bits per heavy atom. The van der Waals surface area contributed by atoms with E-state index in [1.54, 1.807) is 28.9 Å². The van der Waals surface area contributed by atoms with Gasteiger partial charge in [0.15, 0.2) is 5.82 Å². The maximum atomic E-state index is 11.6. The van der Waals surface area contributed by atoms with Gasteiger partial charge < -0.3 is 10.2 Å². The van der Waals surface area contributed by atoms with Crippen molar-refractivity contribution >= 4 is 17.6 Å². The van der Waals surface area contributed by atoms with Crippen LogP contribution in [0.5, 0.6) is 0 Å². The molecular formula is C10H14N4O2. The summed E-state index contributed by atoms with van der Waals surface area (Å²) in [5.41, 5.74) is 0. The molecule has 0 saturated carbocycles. The summed E-state index contributed by atoms with van der Waals surface area (Å²) in [4.78, 5) is 24.4. The molecule has 16 heavy (non-hydrogen) atoms. The van der Waals surface area contributed by atoms with E-state index in [4.69, 9.17) is 0 Å². The fourth-order valence-corrected chi connectivity index (χ4v) is 1.71. The third kappa shape index (κ3) is 2.39. The molecule has 0 aliphatic carbocycles. The number of hydrogen-bond acceptors (Lipinski definition) is 3. The summed E-state index contributed by atoms with van der Waals surface area (Å²) in [7, 11) is 1.78. The van der Waals surface area contributed by atoms with Crippen molar-refractivity contribution in [2.45, 2.75) is 12.8 Å². The molecule has 6 heteroatoms. The maximum absolute atomic E-state index is 11.6. The molecular weight excluding hydrogens is 208 g/mol. The van der Waals surface area contributed by atoms with E-state index < -0.39 is 0 Å². The zero-order valence-corrected chi connectivity index (χ0v) is 9.14. The zero-order valence-electron chi connectivity index (χ0n) is 9.14. The Labute approximate surface area is 93.2 Å². The molecule has 1 aromatic rings. The second-order valence-electron chi connectivity index (χ2n) is 3.84. The molecule has 0 spiro atoms. The van der Waals surface area contributed by atoms with Crippen molar-refractivity contribution in [3.8, 4) is 0 Å². The van der Waals surface area contributed by atoms with Gasteiger partial charge in [0.05, 0.1) is 6.54 Å². The third-order valence-corrected chi connectivity index (χ3v) is 2.49. The fourth-order valence-electron chi connectivity index (χ4n) is 1.71.